The Morgan fingerprint density at radius 2 is 2.12 bits per heavy atom. The number of ether oxygens (including phenoxy) is 1. The van der Waals surface area contributed by atoms with Crippen LogP contribution in [-0.2, 0) is 16.1 Å². The molecule has 136 valence electrons. The van der Waals surface area contributed by atoms with Crippen molar-refractivity contribution in [2.24, 2.45) is 5.73 Å². The number of aryl methyl sites for hydroxylation is 1. The van der Waals surface area contributed by atoms with E-state index in [4.69, 9.17) is 14.9 Å². The molecule has 0 bridgehead atoms. The van der Waals surface area contributed by atoms with Gasteiger partial charge in [-0.3, -0.25) is 9.69 Å². The van der Waals surface area contributed by atoms with Crippen molar-refractivity contribution in [1.29, 1.82) is 0 Å². The smallest absolute Gasteiger partial charge is 0.227 e. The zero-order valence-corrected chi connectivity index (χ0v) is 15.1. The maximum atomic E-state index is 11.1. The Labute approximate surface area is 150 Å². The zero-order chi connectivity index (χ0) is 17.6. The molecular formula is C16H23N5O3S. The fourth-order valence-electron chi connectivity index (χ4n) is 2.83. The van der Waals surface area contributed by atoms with E-state index in [1.54, 1.807) is 6.26 Å². The molecular weight excluding hydrogens is 342 g/mol. The van der Waals surface area contributed by atoms with Crippen LogP contribution >= 0.6 is 11.8 Å². The molecule has 0 unspecified atom stereocenters. The average molecular weight is 365 g/mol. The third kappa shape index (κ3) is 4.62. The predicted octanol–water partition coefficient (Wildman–Crippen LogP) is 1.15. The molecule has 1 fully saturated rings. The first-order valence-corrected chi connectivity index (χ1v) is 9.32. The molecule has 2 aromatic heterocycles. The maximum Gasteiger partial charge on any atom is 0.227 e. The average Bonchev–Trinajstić information content (AvgIpc) is 3.20. The lowest BCUT2D eigenvalue weighted by molar-refractivity contribution is -0.115. The second kappa shape index (κ2) is 8.50. The molecule has 8 nitrogen and oxygen atoms in total. The Hall–Kier alpha value is -1.84. The molecule has 0 aromatic carbocycles. The van der Waals surface area contributed by atoms with Crippen LogP contribution in [0.1, 0.15) is 12.2 Å². The van der Waals surface area contributed by atoms with Crippen molar-refractivity contribution >= 4 is 17.7 Å². The Kier molecular flexibility index (Phi) is 6.11. The summed E-state index contributed by atoms with van der Waals surface area (Å²) >= 11 is 1.32. The second-order valence-electron chi connectivity index (χ2n) is 5.91. The third-order valence-electron chi connectivity index (χ3n) is 4.12. The van der Waals surface area contributed by atoms with Crippen LogP contribution < -0.4 is 5.73 Å². The Morgan fingerprint density at radius 1 is 1.32 bits per heavy atom. The number of carbonyl (C=O) groups excluding carboxylic acids is 1. The summed E-state index contributed by atoms with van der Waals surface area (Å²) in [4.78, 5) is 13.5. The monoisotopic (exact) mass is 365 g/mol. The zero-order valence-electron chi connectivity index (χ0n) is 14.3. The van der Waals surface area contributed by atoms with Gasteiger partial charge >= 0.3 is 0 Å². The van der Waals surface area contributed by atoms with E-state index in [0.717, 1.165) is 63.0 Å². The van der Waals surface area contributed by atoms with Gasteiger partial charge in [-0.05, 0) is 19.4 Å². The summed E-state index contributed by atoms with van der Waals surface area (Å²) in [6, 6.07) is 1.89. The number of hydrogen-bond acceptors (Lipinski definition) is 7. The van der Waals surface area contributed by atoms with Crippen molar-refractivity contribution < 1.29 is 13.9 Å². The molecule has 3 heterocycles. The second-order valence-corrected chi connectivity index (χ2v) is 6.85. The summed E-state index contributed by atoms with van der Waals surface area (Å²) < 4.78 is 12.8. The summed E-state index contributed by atoms with van der Waals surface area (Å²) in [5.74, 6) is 1.38. The van der Waals surface area contributed by atoms with Crippen LogP contribution in [0.4, 0.5) is 0 Å². The molecule has 1 aliphatic rings. The normalized spacial score (nSPS) is 15.6. The lowest BCUT2D eigenvalue weighted by Gasteiger charge is -2.26. The summed E-state index contributed by atoms with van der Waals surface area (Å²) in [5, 5.41) is 9.26. The van der Waals surface area contributed by atoms with Crippen LogP contribution in [0, 0.1) is 6.92 Å². The van der Waals surface area contributed by atoms with Gasteiger partial charge in [0.2, 0.25) is 5.91 Å². The van der Waals surface area contributed by atoms with Gasteiger partial charge in [0, 0.05) is 26.2 Å². The molecule has 25 heavy (non-hydrogen) atoms. The number of morpholine rings is 1. The summed E-state index contributed by atoms with van der Waals surface area (Å²) in [7, 11) is 0. The Balaban J connectivity index is 1.72. The lowest BCUT2D eigenvalue weighted by atomic mass is 10.2. The number of rotatable bonds is 8. The first kappa shape index (κ1) is 18.0. The van der Waals surface area contributed by atoms with Crippen LogP contribution in [0.15, 0.2) is 21.9 Å². The van der Waals surface area contributed by atoms with Gasteiger partial charge in [-0.25, -0.2) is 0 Å². The largest absolute Gasteiger partial charge is 0.469 e. The Morgan fingerprint density at radius 3 is 2.80 bits per heavy atom. The van der Waals surface area contributed by atoms with Gasteiger partial charge < -0.3 is 19.5 Å². The minimum atomic E-state index is -0.367. The molecule has 9 heteroatoms. The number of primary amides is 1. The highest BCUT2D eigenvalue weighted by Crippen LogP contribution is 2.27. The number of aromatic nitrogens is 3. The number of furan rings is 1. The minimum absolute atomic E-state index is 0.186. The topological polar surface area (TPSA) is 99.4 Å². The van der Waals surface area contributed by atoms with Crippen LogP contribution in [0.25, 0.3) is 11.4 Å². The summed E-state index contributed by atoms with van der Waals surface area (Å²) in [6.07, 6.45) is 2.61. The first-order valence-electron chi connectivity index (χ1n) is 8.34. The van der Waals surface area contributed by atoms with E-state index >= 15 is 0 Å². The molecule has 1 saturated heterocycles. The van der Waals surface area contributed by atoms with Gasteiger partial charge in [0.15, 0.2) is 11.0 Å². The maximum absolute atomic E-state index is 11.1. The highest BCUT2D eigenvalue weighted by atomic mass is 32.2. The van der Waals surface area contributed by atoms with E-state index in [9.17, 15) is 4.79 Å². The van der Waals surface area contributed by atoms with Crippen molar-refractivity contribution in [3.63, 3.8) is 0 Å². The van der Waals surface area contributed by atoms with E-state index in [0.29, 0.717) is 5.16 Å². The number of nitrogens with zero attached hydrogens (tertiary/aromatic N) is 4. The van der Waals surface area contributed by atoms with E-state index in [-0.39, 0.29) is 11.7 Å². The van der Waals surface area contributed by atoms with E-state index in [1.165, 1.54) is 11.8 Å². The van der Waals surface area contributed by atoms with Gasteiger partial charge in [-0.2, -0.15) is 0 Å². The summed E-state index contributed by atoms with van der Waals surface area (Å²) in [5.41, 5.74) is 6.18. The van der Waals surface area contributed by atoms with Gasteiger partial charge in [-0.1, -0.05) is 11.8 Å². The molecule has 1 amide bonds. The number of nitrogens with two attached hydrogens (primary N) is 1. The standard InChI is InChI=1S/C16H23N5O3S/c1-12-13(3-8-24-12)15-18-19-16(25-11-14(17)22)21(15)5-2-4-20-6-9-23-10-7-20/h3,8H,2,4-7,9-11H2,1H3,(H2,17,22). The van der Waals surface area contributed by atoms with Crippen molar-refractivity contribution in [2.45, 2.75) is 25.0 Å². The van der Waals surface area contributed by atoms with E-state index in [1.807, 2.05) is 17.6 Å². The van der Waals surface area contributed by atoms with Crippen LogP contribution in [-0.4, -0.2) is 64.2 Å². The fourth-order valence-corrected chi connectivity index (χ4v) is 3.53. The first-order chi connectivity index (χ1) is 12.1. The minimum Gasteiger partial charge on any atom is -0.469 e. The van der Waals surface area contributed by atoms with E-state index < -0.39 is 0 Å². The molecule has 3 rings (SSSR count). The number of carbonyl (C=O) groups is 1. The molecule has 0 atom stereocenters. The molecule has 0 saturated carbocycles. The van der Waals surface area contributed by atoms with Crippen LogP contribution in [0.3, 0.4) is 0 Å². The number of amides is 1. The quantitative estimate of drug-likeness (QED) is 0.700. The molecule has 0 aliphatic carbocycles. The van der Waals surface area contributed by atoms with Crippen molar-refractivity contribution in [3.05, 3.63) is 18.1 Å². The fraction of sp³-hybridized carbons (Fsp3) is 0.562. The summed E-state index contributed by atoms with van der Waals surface area (Å²) in [6.45, 7) is 7.20. The van der Waals surface area contributed by atoms with Crippen molar-refractivity contribution in [2.75, 3.05) is 38.6 Å². The Bertz CT molecular complexity index is 708. The molecule has 0 radical (unpaired) electrons. The highest BCUT2D eigenvalue weighted by Gasteiger charge is 2.18. The predicted molar refractivity (Wildman–Crippen MR) is 94.3 cm³/mol. The number of thioether (sulfide) groups is 1. The lowest BCUT2D eigenvalue weighted by Crippen LogP contribution is -2.37. The molecule has 1 aliphatic heterocycles. The molecule has 2 N–H and O–H groups in total. The third-order valence-corrected chi connectivity index (χ3v) is 5.11. The van der Waals surface area contributed by atoms with Crippen molar-refractivity contribution in [1.82, 2.24) is 19.7 Å². The van der Waals surface area contributed by atoms with Gasteiger partial charge in [0.25, 0.3) is 0 Å². The van der Waals surface area contributed by atoms with Gasteiger partial charge in [0.1, 0.15) is 5.76 Å². The number of hydrogen-bond donors (Lipinski definition) is 1. The highest BCUT2D eigenvalue weighted by molar-refractivity contribution is 7.99. The van der Waals surface area contributed by atoms with Crippen molar-refractivity contribution in [3.8, 4) is 11.4 Å². The molecule has 2 aromatic rings. The van der Waals surface area contributed by atoms with Crippen LogP contribution in [0.5, 0.6) is 0 Å². The van der Waals surface area contributed by atoms with E-state index in [2.05, 4.69) is 15.1 Å². The molecule has 0 spiro atoms. The van der Waals surface area contributed by atoms with Gasteiger partial charge in [-0.15, -0.1) is 10.2 Å². The van der Waals surface area contributed by atoms with Gasteiger partial charge in [0.05, 0.1) is 30.8 Å². The SMILES string of the molecule is Cc1occc1-c1nnc(SCC(N)=O)n1CCCN1CCOCC1. The van der Waals surface area contributed by atoms with Crippen LogP contribution in [0.2, 0.25) is 0 Å².